The average Bonchev–Trinajstić information content (AvgIpc) is 2.78. The van der Waals surface area contributed by atoms with Crippen molar-refractivity contribution in [3.05, 3.63) is 23.8 Å². The lowest BCUT2D eigenvalue weighted by Crippen LogP contribution is -2.33. The number of carbonyl (C=O) groups is 1. The minimum Gasteiger partial charge on any atom is -0.308 e. The van der Waals surface area contributed by atoms with E-state index in [0.717, 1.165) is 23.2 Å². The number of nitrogens with zero attached hydrogens (tertiary/aromatic N) is 2. The predicted molar refractivity (Wildman–Crippen MR) is 80.8 cm³/mol. The SMILES string of the molecule is CCN(CC)CC(=O)Nc1nsc2ccc(C)cc12. The number of amides is 1. The van der Waals surface area contributed by atoms with Crippen LogP contribution in [0.2, 0.25) is 0 Å². The largest absolute Gasteiger partial charge is 0.308 e. The molecule has 2 aromatic rings. The zero-order valence-electron chi connectivity index (χ0n) is 11.6. The monoisotopic (exact) mass is 277 g/mol. The third kappa shape index (κ3) is 3.30. The van der Waals surface area contributed by atoms with Gasteiger partial charge in [0.25, 0.3) is 0 Å². The maximum Gasteiger partial charge on any atom is 0.239 e. The van der Waals surface area contributed by atoms with Gasteiger partial charge in [-0.3, -0.25) is 9.69 Å². The maximum atomic E-state index is 12.0. The van der Waals surface area contributed by atoms with Gasteiger partial charge in [-0.05, 0) is 43.7 Å². The number of aryl methyl sites for hydroxylation is 1. The molecule has 0 fully saturated rings. The molecule has 0 aliphatic carbocycles. The van der Waals surface area contributed by atoms with E-state index in [2.05, 4.69) is 40.6 Å². The number of hydrogen-bond acceptors (Lipinski definition) is 4. The Morgan fingerprint density at radius 1 is 1.37 bits per heavy atom. The first kappa shape index (κ1) is 14.0. The molecule has 0 radical (unpaired) electrons. The number of hydrogen-bond donors (Lipinski definition) is 1. The van der Waals surface area contributed by atoms with Gasteiger partial charge in [0.1, 0.15) is 0 Å². The van der Waals surface area contributed by atoms with Crippen molar-refractivity contribution in [2.75, 3.05) is 25.0 Å². The molecule has 0 saturated carbocycles. The van der Waals surface area contributed by atoms with Gasteiger partial charge < -0.3 is 5.32 Å². The van der Waals surface area contributed by atoms with E-state index in [9.17, 15) is 4.79 Å². The average molecular weight is 277 g/mol. The summed E-state index contributed by atoms with van der Waals surface area (Å²) in [6.45, 7) is 8.31. The summed E-state index contributed by atoms with van der Waals surface area (Å²) in [7, 11) is 0. The van der Waals surface area contributed by atoms with Crippen LogP contribution in [0.1, 0.15) is 19.4 Å². The van der Waals surface area contributed by atoms with Crippen molar-refractivity contribution >= 4 is 33.3 Å². The summed E-state index contributed by atoms with van der Waals surface area (Å²) in [5, 5.41) is 3.94. The second-order valence-corrected chi connectivity index (χ2v) is 5.35. The zero-order chi connectivity index (χ0) is 13.8. The molecule has 0 spiro atoms. The van der Waals surface area contributed by atoms with Crippen molar-refractivity contribution < 1.29 is 4.79 Å². The van der Waals surface area contributed by atoms with Gasteiger partial charge >= 0.3 is 0 Å². The van der Waals surface area contributed by atoms with Crippen molar-refractivity contribution in [2.24, 2.45) is 0 Å². The van der Waals surface area contributed by atoms with Gasteiger partial charge in [0.15, 0.2) is 5.82 Å². The van der Waals surface area contributed by atoms with Crippen molar-refractivity contribution in [1.82, 2.24) is 9.27 Å². The minimum absolute atomic E-state index is 0.00240. The number of benzene rings is 1. The van der Waals surface area contributed by atoms with E-state index >= 15 is 0 Å². The Balaban J connectivity index is 2.13. The molecule has 102 valence electrons. The Hall–Kier alpha value is -1.46. The van der Waals surface area contributed by atoms with Crippen LogP contribution in [-0.2, 0) is 4.79 Å². The molecule has 1 aromatic carbocycles. The predicted octanol–water partition coefficient (Wildman–Crippen LogP) is 2.89. The first-order valence-electron chi connectivity index (χ1n) is 6.52. The lowest BCUT2D eigenvalue weighted by molar-refractivity contribution is -0.117. The normalized spacial score (nSPS) is 11.2. The first-order valence-corrected chi connectivity index (χ1v) is 7.29. The van der Waals surface area contributed by atoms with Gasteiger partial charge in [0, 0.05) is 5.39 Å². The van der Waals surface area contributed by atoms with E-state index in [1.807, 2.05) is 13.0 Å². The van der Waals surface area contributed by atoms with Crippen LogP contribution in [0.4, 0.5) is 5.82 Å². The fraction of sp³-hybridized carbons (Fsp3) is 0.429. The highest BCUT2D eigenvalue weighted by Crippen LogP contribution is 2.27. The maximum absolute atomic E-state index is 12.0. The summed E-state index contributed by atoms with van der Waals surface area (Å²) in [6, 6.07) is 6.16. The van der Waals surface area contributed by atoms with Gasteiger partial charge in [0.05, 0.1) is 11.2 Å². The van der Waals surface area contributed by atoms with Crippen LogP contribution >= 0.6 is 11.5 Å². The highest BCUT2D eigenvalue weighted by molar-refractivity contribution is 7.13. The number of rotatable bonds is 5. The van der Waals surface area contributed by atoms with E-state index < -0.39 is 0 Å². The Kier molecular flexibility index (Phi) is 4.50. The lowest BCUT2D eigenvalue weighted by Gasteiger charge is -2.16. The number of nitrogens with one attached hydrogen (secondary N) is 1. The van der Waals surface area contributed by atoms with E-state index in [-0.39, 0.29) is 5.91 Å². The molecular formula is C14H19N3OS. The van der Waals surface area contributed by atoms with Crippen LogP contribution in [0.5, 0.6) is 0 Å². The van der Waals surface area contributed by atoms with Crippen LogP contribution in [-0.4, -0.2) is 34.8 Å². The second kappa shape index (κ2) is 6.12. The summed E-state index contributed by atoms with van der Waals surface area (Å²) in [6.07, 6.45) is 0. The van der Waals surface area contributed by atoms with Gasteiger partial charge in [-0.2, -0.15) is 4.37 Å². The Morgan fingerprint density at radius 3 is 2.79 bits per heavy atom. The molecule has 4 nitrogen and oxygen atoms in total. The quantitative estimate of drug-likeness (QED) is 0.914. The highest BCUT2D eigenvalue weighted by Gasteiger charge is 2.12. The molecule has 0 aliphatic heterocycles. The Bertz CT molecular complexity index is 575. The number of anilines is 1. The standard InChI is InChI=1S/C14H19N3OS/c1-4-17(5-2)9-13(18)15-14-11-8-10(3)6-7-12(11)19-16-14/h6-8H,4-5,9H2,1-3H3,(H,15,16,18). The molecule has 1 aromatic heterocycles. The number of carbonyl (C=O) groups excluding carboxylic acids is 1. The number of aromatic nitrogens is 1. The summed E-state index contributed by atoms with van der Waals surface area (Å²) < 4.78 is 5.43. The molecule has 1 heterocycles. The molecule has 1 N–H and O–H groups in total. The summed E-state index contributed by atoms with van der Waals surface area (Å²) in [5.74, 6) is 0.679. The zero-order valence-corrected chi connectivity index (χ0v) is 12.4. The molecule has 0 atom stereocenters. The van der Waals surface area contributed by atoms with Crippen molar-refractivity contribution in [1.29, 1.82) is 0 Å². The summed E-state index contributed by atoms with van der Waals surface area (Å²) in [5.41, 5.74) is 1.17. The highest BCUT2D eigenvalue weighted by atomic mass is 32.1. The van der Waals surface area contributed by atoms with Gasteiger partial charge in [-0.15, -0.1) is 0 Å². The van der Waals surface area contributed by atoms with Crippen LogP contribution in [0.3, 0.4) is 0 Å². The van der Waals surface area contributed by atoms with Crippen molar-refractivity contribution in [2.45, 2.75) is 20.8 Å². The molecule has 0 bridgehead atoms. The Morgan fingerprint density at radius 2 is 2.11 bits per heavy atom. The Labute approximate surface area is 117 Å². The molecule has 0 unspecified atom stereocenters. The third-order valence-corrected chi connectivity index (χ3v) is 3.97. The van der Waals surface area contributed by atoms with E-state index in [1.54, 1.807) is 0 Å². The molecule has 5 heteroatoms. The van der Waals surface area contributed by atoms with Crippen LogP contribution in [0.15, 0.2) is 18.2 Å². The van der Waals surface area contributed by atoms with Crippen LogP contribution < -0.4 is 5.32 Å². The first-order chi connectivity index (χ1) is 9.13. The molecular weight excluding hydrogens is 258 g/mol. The molecule has 19 heavy (non-hydrogen) atoms. The third-order valence-electron chi connectivity index (χ3n) is 3.14. The smallest absolute Gasteiger partial charge is 0.239 e. The summed E-state index contributed by atoms with van der Waals surface area (Å²) >= 11 is 1.42. The van der Waals surface area contributed by atoms with Crippen molar-refractivity contribution in [3.8, 4) is 0 Å². The van der Waals surface area contributed by atoms with E-state index in [4.69, 9.17) is 0 Å². The lowest BCUT2D eigenvalue weighted by atomic mass is 10.2. The van der Waals surface area contributed by atoms with Gasteiger partial charge in [0.2, 0.25) is 5.91 Å². The van der Waals surface area contributed by atoms with E-state index in [0.29, 0.717) is 12.4 Å². The molecule has 1 amide bonds. The summed E-state index contributed by atoms with van der Waals surface area (Å²) in [4.78, 5) is 14.1. The van der Waals surface area contributed by atoms with E-state index in [1.165, 1.54) is 17.1 Å². The minimum atomic E-state index is -0.00240. The fourth-order valence-electron chi connectivity index (χ4n) is 1.96. The topological polar surface area (TPSA) is 45.2 Å². The molecule has 2 rings (SSSR count). The number of likely N-dealkylation sites (N-methyl/N-ethyl adjacent to an activating group) is 1. The van der Waals surface area contributed by atoms with Crippen molar-refractivity contribution in [3.63, 3.8) is 0 Å². The second-order valence-electron chi connectivity index (χ2n) is 4.54. The van der Waals surface area contributed by atoms with Crippen LogP contribution in [0, 0.1) is 6.92 Å². The van der Waals surface area contributed by atoms with Crippen LogP contribution in [0.25, 0.3) is 10.1 Å². The number of fused-ring (bicyclic) bond motifs is 1. The van der Waals surface area contributed by atoms with Gasteiger partial charge in [-0.1, -0.05) is 25.5 Å². The molecule has 0 saturated heterocycles. The van der Waals surface area contributed by atoms with Gasteiger partial charge in [-0.25, -0.2) is 0 Å². The fourth-order valence-corrected chi connectivity index (χ4v) is 2.68. The molecule has 0 aliphatic rings.